The number of thiazole rings is 1. The fourth-order valence-corrected chi connectivity index (χ4v) is 5.11. The Kier molecular flexibility index (Phi) is 6.97. The van der Waals surface area contributed by atoms with Crippen LogP contribution in [0, 0.1) is 10.1 Å². The number of non-ortho nitro benzene ring substituents is 1. The van der Waals surface area contributed by atoms with Gasteiger partial charge in [0.05, 0.1) is 4.92 Å². The van der Waals surface area contributed by atoms with Crippen LogP contribution >= 0.6 is 23.1 Å². The summed E-state index contributed by atoms with van der Waals surface area (Å²) in [7, 11) is 1.27. The summed E-state index contributed by atoms with van der Waals surface area (Å²) in [6, 6.07) is 4.69. The standard InChI is InChI=1S/C20H18N6O7S2/c1-32-24-14(12-9-35-20(21)22-12)16(27)23-15-17(28)25-13(6-7-34-18(15)25)19(29)33-8-10-2-4-11(5-3-10)26(30)31/h2-6,9,15,18H,7-8H2,1H3,(H2,21,22)(H,23,27)/b24-14+. The molecule has 4 rings (SSSR count). The van der Waals surface area contributed by atoms with E-state index in [2.05, 4.69) is 15.5 Å². The van der Waals surface area contributed by atoms with Crippen molar-refractivity contribution in [3.8, 4) is 0 Å². The van der Waals surface area contributed by atoms with Gasteiger partial charge in [-0.2, -0.15) is 0 Å². The number of oxime groups is 1. The van der Waals surface area contributed by atoms with Crippen LogP contribution in [0.5, 0.6) is 0 Å². The zero-order valence-corrected chi connectivity index (χ0v) is 19.7. The third-order valence-corrected chi connectivity index (χ3v) is 6.88. The number of rotatable bonds is 8. The Morgan fingerprint density at radius 1 is 1.37 bits per heavy atom. The average Bonchev–Trinajstić information content (AvgIpc) is 3.29. The Balaban J connectivity index is 1.38. The van der Waals surface area contributed by atoms with Gasteiger partial charge in [-0.1, -0.05) is 5.16 Å². The van der Waals surface area contributed by atoms with Gasteiger partial charge in [0.2, 0.25) is 0 Å². The van der Waals surface area contributed by atoms with Crippen LogP contribution < -0.4 is 11.1 Å². The number of esters is 1. The van der Waals surface area contributed by atoms with Crippen molar-refractivity contribution < 1.29 is 28.9 Å². The highest BCUT2D eigenvalue weighted by molar-refractivity contribution is 8.00. The number of nitrogens with two attached hydrogens (primary N) is 1. The number of thioether (sulfide) groups is 1. The molecule has 0 radical (unpaired) electrons. The van der Waals surface area contributed by atoms with Crippen LogP contribution in [0.3, 0.4) is 0 Å². The van der Waals surface area contributed by atoms with Crippen molar-refractivity contribution in [1.82, 2.24) is 15.2 Å². The first-order chi connectivity index (χ1) is 16.8. The zero-order valence-electron chi connectivity index (χ0n) is 18.1. The van der Waals surface area contributed by atoms with Gasteiger partial charge in [0, 0.05) is 23.3 Å². The first-order valence-electron chi connectivity index (χ1n) is 9.99. The molecule has 1 aromatic heterocycles. The normalized spacial score (nSPS) is 19.2. The molecule has 182 valence electrons. The summed E-state index contributed by atoms with van der Waals surface area (Å²) in [5, 5.41) is 18.3. The highest BCUT2D eigenvalue weighted by atomic mass is 32.2. The summed E-state index contributed by atoms with van der Waals surface area (Å²) in [5.74, 6) is -1.45. The van der Waals surface area contributed by atoms with E-state index in [1.54, 1.807) is 11.5 Å². The lowest BCUT2D eigenvalue weighted by Gasteiger charge is -2.48. The monoisotopic (exact) mass is 518 g/mol. The van der Waals surface area contributed by atoms with Gasteiger partial charge in [0.25, 0.3) is 17.5 Å². The van der Waals surface area contributed by atoms with Gasteiger partial charge in [0.1, 0.15) is 36.5 Å². The Morgan fingerprint density at radius 3 is 2.74 bits per heavy atom. The minimum Gasteiger partial charge on any atom is -0.456 e. The van der Waals surface area contributed by atoms with E-state index in [0.717, 1.165) is 11.3 Å². The van der Waals surface area contributed by atoms with E-state index in [4.69, 9.17) is 15.3 Å². The number of aromatic nitrogens is 1. The fourth-order valence-electron chi connectivity index (χ4n) is 3.37. The third-order valence-electron chi connectivity index (χ3n) is 5.02. The van der Waals surface area contributed by atoms with Crippen molar-refractivity contribution >= 4 is 57.4 Å². The molecule has 2 aliphatic rings. The summed E-state index contributed by atoms with van der Waals surface area (Å²) in [6.45, 7) is -0.123. The van der Waals surface area contributed by atoms with Crippen LogP contribution in [-0.2, 0) is 30.6 Å². The molecule has 0 bridgehead atoms. The number of nitrogens with one attached hydrogen (secondary N) is 1. The van der Waals surface area contributed by atoms with Crippen molar-refractivity contribution in [2.24, 2.45) is 5.16 Å². The summed E-state index contributed by atoms with van der Waals surface area (Å²) < 4.78 is 5.29. The summed E-state index contributed by atoms with van der Waals surface area (Å²) >= 11 is 2.49. The predicted molar refractivity (Wildman–Crippen MR) is 126 cm³/mol. The number of nitro groups is 1. The van der Waals surface area contributed by atoms with Gasteiger partial charge in [0.15, 0.2) is 10.8 Å². The molecule has 2 aliphatic heterocycles. The van der Waals surface area contributed by atoms with Crippen LogP contribution in [0.2, 0.25) is 0 Å². The van der Waals surface area contributed by atoms with Crippen LogP contribution in [0.25, 0.3) is 0 Å². The van der Waals surface area contributed by atoms with Crippen molar-refractivity contribution in [3.63, 3.8) is 0 Å². The quantitative estimate of drug-likeness (QED) is 0.168. The van der Waals surface area contributed by atoms with Crippen LogP contribution in [0.15, 0.2) is 46.6 Å². The number of benzene rings is 1. The lowest BCUT2D eigenvalue weighted by Crippen LogP contribution is -2.70. The number of nitro benzene ring substituents is 1. The first kappa shape index (κ1) is 24.2. The van der Waals surface area contributed by atoms with Crippen molar-refractivity contribution in [2.75, 3.05) is 18.6 Å². The molecule has 3 N–H and O–H groups in total. The molecule has 1 aromatic carbocycles. The first-order valence-corrected chi connectivity index (χ1v) is 11.9. The van der Waals surface area contributed by atoms with Gasteiger partial charge >= 0.3 is 5.97 Å². The second-order valence-electron chi connectivity index (χ2n) is 7.17. The van der Waals surface area contributed by atoms with E-state index in [1.165, 1.54) is 48.0 Å². The second kappa shape index (κ2) is 10.1. The van der Waals surface area contributed by atoms with Gasteiger partial charge in [-0.25, -0.2) is 9.78 Å². The van der Waals surface area contributed by atoms with E-state index in [-0.39, 0.29) is 34.5 Å². The molecule has 3 heterocycles. The molecule has 2 aromatic rings. The molecule has 0 saturated carbocycles. The van der Waals surface area contributed by atoms with E-state index in [9.17, 15) is 24.5 Å². The van der Waals surface area contributed by atoms with Gasteiger partial charge in [-0.3, -0.25) is 24.6 Å². The van der Waals surface area contributed by atoms with Crippen LogP contribution in [0.1, 0.15) is 11.3 Å². The van der Waals surface area contributed by atoms with Gasteiger partial charge in [-0.15, -0.1) is 23.1 Å². The minimum absolute atomic E-state index is 0.0733. The van der Waals surface area contributed by atoms with Gasteiger partial charge < -0.3 is 20.6 Å². The Morgan fingerprint density at radius 2 is 2.11 bits per heavy atom. The molecule has 35 heavy (non-hydrogen) atoms. The average molecular weight is 519 g/mol. The molecule has 2 unspecified atom stereocenters. The number of anilines is 1. The fraction of sp³-hybridized carbons (Fsp3) is 0.250. The maximum atomic E-state index is 12.8. The number of hydrogen-bond acceptors (Lipinski definition) is 12. The van der Waals surface area contributed by atoms with Gasteiger partial charge in [-0.05, 0) is 23.8 Å². The molecule has 15 heteroatoms. The van der Waals surface area contributed by atoms with Crippen LogP contribution in [0.4, 0.5) is 10.8 Å². The smallest absolute Gasteiger partial charge is 0.355 e. The SMILES string of the molecule is CO/N=C(/C(=O)NC1C(=O)N2C(C(=O)OCc3ccc([N+](=O)[O-])cc3)=CCSC12)c1csc(N)n1. The molecule has 1 fully saturated rings. The lowest BCUT2D eigenvalue weighted by molar-refractivity contribution is -0.384. The Bertz CT molecular complexity index is 1240. The number of hydrogen-bond donors (Lipinski definition) is 2. The Labute approximate surface area is 206 Å². The predicted octanol–water partition coefficient (Wildman–Crippen LogP) is 1.01. The summed E-state index contributed by atoms with van der Waals surface area (Å²) in [4.78, 5) is 58.5. The largest absolute Gasteiger partial charge is 0.456 e. The number of amides is 2. The topological polar surface area (TPSA) is 179 Å². The molecule has 2 atom stereocenters. The van der Waals surface area contributed by atoms with E-state index < -0.39 is 34.1 Å². The van der Waals surface area contributed by atoms with Crippen molar-refractivity contribution in [3.05, 3.63) is 62.8 Å². The molecular weight excluding hydrogens is 500 g/mol. The zero-order chi connectivity index (χ0) is 25.1. The van der Waals surface area contributed by atoms with E-state index >= 15 is 0 Å². The number of β-lactam (4-membered cyclic amide) rings is 1. The molecule has 0 aliphatic carbocycles. The number of carbonyl (C=O) groups excluding carboxylic acids is 3. The van der Waals surface area contributed by atoms with E-state index in [1.807, 2.05) is 0 Å². The Hall–Kier alpha value is -3.98. The van der Waals surface area contributed by atoms with E-state index in [0.29, 0.717) is 11.3 Å². The molecule has 1 saturated heterocycles. The minimum atomic E-state index is -0.892. The summed E-state index contributed by atoms with van der Waals surface area (Å²) in [5.41, 5.74) is 6.25. The number of fused-ring (bicyclic) bond motifs is 1. The lowest BCUT2D eigenvalue weighted by atomic mass is 10.0. The summed E-state index contributed by atoms with van der Waals surface area (Å²) in [6.07, 6.45) is 1.57. The van der Waals surface area contributed by atoms with Crippen molar-refractivity contribution in [2.45, 2.75) is 18.0 Å². The molecule has 2 amide bonds. The third kappa shape index (κ3) is 4.95. The maximum absolute atomic E-state index is 12.8. The highest BCUT2D eigenvalue weighted by Gasteiger charge is 2.53. The molecular formula is C20H18N6O7S2. The van der Waals surface area contributed by atoms with Crippen molar-refractivity contribution in [1.29, 1.82) is 0 Å². The highest BCUT2D eigenvalue weighted by Crippen LogP contribution is 2.38. The molecule has 0 spiro atoms. The second-order valence-corrected chi connectivity index (χ2v) is 9.21. The molecule has 13 nitrogen and oxygen atoms in total. The number of ether oxygens (including phenoxy) is 1. The van der Waals surface area contributed by atoms with Crippen LogP contribution in [-0.4, -0.2) is 62.6 Å². The number of nitrogens with zero attached hydrogens (tertiary/aromatic N) is 4. The number of nitrogen functional groups attached to an aromatic ring is 1. The number of carbonyl (C=O) groups is 3. The maximum Gasteiger partial charge on any atom is 0.355 e.